The van der Waals surface area contributed by atoms with Crippen molar-refractivity contribution in [3.8, 4) is 5.69 Å². The molecule has 2 aromatic rings. The van der Waals surface area contributed by atoms with E-state index in [0.29, 0.717) is 11.3 Å². The van der Waals surface area contributed by atoms with Crippen molar-refractivity contribution in [3.05, 3.63) is 47.3 Å². The molecule has 1 heterocycles. The molecule has 134 valence electrons. The Balaban J connectivity index is 2.40. The molecular weight excluding hydrogens is 318 g/mol. The van der Waals surface area contributed by atoms with Crippen LogP contribution in [0.2, 0.25) is 0 Å². The third kappa shape index (κ3) is 4.47. The summed E-state index contributed by atoms with van der Waals surface area (Å²) in [4.78, 5) is 25.0. The number of hydrogen-bond acceptors (Lipinski definition) is 3. The summed E-state index contributed by atoms with van der Waals surface area (Å²) >= 11 is 0. The molecule has 0 radical (unpaired) electrons. The Morgan fingerprint density at radius 3 is 2.32 bits per heavy atom. The molecule has 0 bridgehead atoms. The highest BCUT2D eigenvalue weighted by Crippen LogP contribution is 2.26. The summed E-state index contributed by atoms with van der Waals surface area (Å²) in [6.45, 7) is 8.18. The van der Waals surface area contributed by atoms with Crippen LogP contribution in [0.15, 0.2) is 30.5 Å². The molecule has 6 nitrogen and oxygen atoms in total. The first-order valence-corrected chi connectivity index (χ1v) is 8.24. The van der Waals surface area contributed by atoms with E-state index in [1.165, 1.54) is 4.90 Å². The number of carbonyl (C=O) groups is 2. The van der Waals surface area contributed by atoms with Crippen LogP contribution in [0.3, 0.4) is 0 Å². The van der Waals surface area contributed by atoms with Crippen molar-refractivity contribution < 1.29 is 14.7 Å². The van der Waals surface area contributed by atoms with E-state index in [9.17, 15) is 9.59 Å². The molecule has 0 unspecified atom stereocenters. The lowest BCUT2D eigenvalue weighted by Gasteiger charge is -2.20. The molecule has 0 saturated heterocycles. The maximum atomic E-state index is 12.8. The van der Waals surface area contributed by atoms with Crippen LogP contribution >= 0.6 is 0 Å². The fraction of sp³-hybridized carbons (Fsp3) is 0.421. The van der Waals surface area contributed by atoms with Crippen molar-refractivity contribution in [3.63, 3.8) is 0 Å². The summed E-state index contributed by atoms with van der Waals surface area (Å²) in [5.74, 6) is -1.14. The lowest BCUT2D eigenvalue weighted by molar-refractivity contribution is -0.137. The SMILES string of the molecule is Cc1ccc(-n2cc(C(=O)N(C)CCC(=O)O)c(C(C)(C)C)n2)cc1. The van der Waals surface area contributed by atoms with E-state index in [-0.39, 0.29) is 24.3 Å². The van der Waals surface area contributed by atoms with Crippen molar-refractivity contribution >= 4 is 11.9 Å². The highest BCUT2D eigenvalue weighted by molar-refractivity contribution is 5.95. The molecule has 0 fully saturated rings. The molecule has 0 aliphatic carbocycles. The minimum atomic E-state index is -0.925. The Labute approximate surface area is 148 Å². The number of hydrogen-bond donors (Lipinski definition) is 1. The van der Waals surface area contributed by atoms with Gasteiger partial charge in [-0.3, -0.25) is 9.59 Å². The largest absolute Gasteiger partial charge is 0.481 e. The van der Waals surface area contributed by atoms with Crippen LogP contribution in [-0.2, 0) is 10.2 Å². The molecule has 1 N–H and O–H groups in total. The number of carboxylic acid groups (broad SMARTS) is 1. The Morgan fingerprint density at radius 2 is 1.80 bits per heavy atom. The zero-order valence-corrected chi connectivity index (χ0v) is 15.4. The lowest BCUT2D eigenvalue weighted by Crippen LogP contribution is -2.30. The van der Waals surface area contributed by atoms with Gasteiger partial charge in [0.2, 0.25) is 0 Å². The van der Waals surface area contributed by atoms with E-state index in [1.807, 2.05) is 52.0 Å². The Kier molecular flexibility index (Phi) is 5.30. The van der Waals surface area contributed by atoms with Gasteiger partial charge in [0, 0.05) is 25.2 Å². The molecule has 1 aromatic heterocycles. The monoisotopic (exact) mass is 343 g/mol. The van der Waals surface area contributed by atoms with Gasteiger partial charge in [-0.2, -0.15) is 5.10 Å². The van der Waals surface area contributed by atoms with Crippen LogP contribution < -0.4 is 0 Å². The number of aryl methyl sites for hydroxylation is 1. The molecule has 0 atom stereocenters. The minimum Gasteiger partial charge on any atom is -0.481 e. The number of carbonyl (C=O) groups excluding carboxylic acids is 1. The zero-order valence-electron chi connectivity index (χ0n) is 15.4. The third-order valence-electron chi connectivity index (χ3n) is 3.96. The summed E-state index contributed by atoms with van der Waals surface area (Å²) in [7, 11) is 1.61. The number of aromatic nitrogens is 2. The summed E-state index contributed by atoms with van der Waals surface area (Å²) in [5, 5.41) is 13.5. The molecule has 0 spiro atoms. The van der Waals surface area contributed by atoms with Gasteiger partial charge in [0.15, 0.2) is 0 Å². The van der Waals surface area contributed by atoms with E-state index in [4.69, 9.17) is 5.11 Å². The average molecular weight is 343 g/mol. The van der Waals surface area contributed by atoms with Gasteiger partial charge < -0.3 is 10.0 Å². The molecule has 1 aromatic carbocycles. The van der Waals surface area contributed by atoms with Crippen LogP contribution in [0.5, 0.6) is 0 Å². The van der Waals surface area contributed by atoms with Crippen LogP contribution in [-0.4, -0.2) is 45.3 Å². The Bertz CT molecular complexity index is 770. The molecule has 6 heteroatoms. The molecule has 1 amide bonds. The molecule has 25 heavy (non-hydrogen) atoms. The maximum absolute atomic E-state index is 12.8. The zero-order chi connectivity index (χ0) is 18.8. The van der Waals surface area contributed by atoms with Crippen molar-refractivity contribution in [2.75, 3.05) is 13.6 Å². The normalized spacial score (nSPS) is 11.4. The Morgan fingerprint density at radius 1 is 1.20 bits per heavy atom. The molecule has 0 aliphatic heterocycles. The second kappa shape index (κ2) is 7.09. The van der Waals surface area contributed by atoms with Crippen molar-refractivity contribution in [2.24, 2.45) is 0 Å². The van der Waals surface area contributed by atoms with E-state index >= 15 is 0 Å². The minimum absolute atomic E-state index is 0.0841. The number of carboxylic acids is 1. The summed E-state index contributed by atoms with van der Waals surface area (Å²) < 4.78 is 1.71. The first-order valence-electron chi connectivity index (χ1n) is 8.24. The van der Waals surface area contributed by atoms with Crippen molar-refractivity contribution in [1.29, 1.82) is 0 Å². The number of amides is 1. The van der Waals surface area contributed by atoms with Crippen LogP contribution in [0.25, 0.3) is 5.69 Å². The van der Waals surface area contributed by atoms with Gasteiger partial charge >= 0.3 is 5.97 Å². The summed E-state index contributed by atoms with van der Waals surface area (Å²) in [5.41, 5.74) is 2.91. The first-order chi connectivity index (χ1) is 11.6. The van der Waals surface area contributed by atoms with Crippen LogP contribution in [0, 0.1) is 6.92 Å². The van der Waals surface area contributed by atoms with Gasteiger partial charge in [0.25, 0.3) is 5.91 Å². The standard InChI is InChI=1S/C19H25N3O3/c1-13-6-8-14(9-7-13)22-12-15(17(20-22)19(2,3)4)18(25)21(5)11-10-16(23)24/h6-9,12H,10-11H2,1-5H3,(H,23,24). The van der Waals surface area contributed by atoms with Gasteiger partial charge in [0.05, 0.1) is 23.4 Å². The second-order valence-electron chi connectivity index (χ2n) is 7.29. The van der Waals surface area contributed by atoms with E-state index in [0.717, 1.165) is 11.3 Å². The highest BCUT2D eigenvalue weighted by atomic mass is 16.4. The molecular formula is C19H25N3O3. The van der Waals surface area contributed by atoms with E-state index in [1.54, 1.807) is 17.9 Å². The smallest absolute Gasteiger partial charge is 0.305 e. The molecule has 0 aliphatic rings. The Hall–Kier alpha value is -2.63. The number of benzene rings is 1. The lowest BCUT2D eigenvalue weighted by atomic mass is 9.89. The highest BCUT2D eigenvalue weighted by Gasteiger charge is 2.28. The van der Waals surface area contributed by atoms with Gasteiger partial charge in [-0.1, -0.05) is 38.5 Å². The predicted octanol–water partition coefficient (Wildman–Crippen LogP) is 3.02. The second-order valence-corrected chi connectivity index (χ2v) is 7.29. The number of rotatable bonds is 5. The van der Waals surface area contributed by atoms with Crippen molar-refractivity contribution in [1.82, 2.24) is 14.7 Å². The van der Waals surface area contributed by atoms with Crippen LogP contribution in [0.1, 0.15) is 48.8 Å². The van der Waals surface area contributed by atoms with Crippen LogP contribution in [0.4, 0.5) is 0 Å². The quantitative estimate of drug-likeness (QED) is 0.905. The van der Waals surface area contributed by atoms with Gasteiger partial charge in [-0.05, 0) is 19.1 Å². The predicted molar refractivity (Wildman–Crippen MR) is 96.2 cm³/mol. The van der Waals surface area contributed by atoms with Gasteiger partial charge in [-0.15, -0.1) is 0 Å². The first kappa shape index (κ1) is 18.7. The topological polar surface area (TPSA) is 75.4 Å². The molecule has 2 rings (SSSR count). The summed E-state index contributed by atoms with van der Waals surface area (Å²) in [6.07, 6.45) is 1.64. The van der Waals surface area contributed by atoms with E-state index < -0.39 is 5.97 Å². The maximum Gasteiger partial charge on any atom is 0.305 e. The van der Waals surface area contributed by atoms with E-state index in [2.05, 4.69) is 5.10 Å². The van der Waals surface area contributed by atoms with Gasteiger partial charge in [0.1, 0.15) is 0 Å². The number of nitrogens with zero attached hydrogens (tertiary/aromatic N) is 3. The van der Waals surface area contributed by atoms with Gasteiger partial charge in [-0.25, -0.2) is 4.68 Å². The third-order valence-corrected chi connectivity index (χ3v) is 3.96. The average Bonchev–Trinajstić information content (AvgIpc) is 2.98. The fourth-order valence-electron chi connectivity index (χ4n) is 2.48. The summed E-state index contributed by atoms with van der Waals surface area (Å²) in [6, 6.07) is 7.90. The van der Waals surface area contributed by atoms with Crippen molar-refractivity contribution in [2.45, 2.75) is 39.5 Å². The fourth-order valence-corrected chi connectivity index (χ4v) is 2.48. The number of aliphatic carboxylic acids is 1. The molecule has 0 saturated carbocycles.